The number of hydrogen-bond acceptors (Lipinski definition) is 3. The molecule has 0 amide bonds. The smallest absolute Gasteiger partial charge is 0.161 e. The van der Waals surface area contributed by atoms with Crippen molar-refractivity contribution in [2.24, 2.45) is 0 Å². The fourth-order valence-electron chi connectivity index (χ4n) is 1.90. The van der Waals surface area contributed by atoms with Crippen molar-refractivity contribution < 1.29 is 14.3 Å². The molecule has 0 fully saturated rings. The van der Waals surface area contributed by atoms with Gasteiger partial charge in [-0.3, -0.25) is 4.79 Å². The summed E-state index contributed by atoms with van der Waals surface area (Å²) in [6.45, 7) is 0. The van der Waals surface area contributed by atoms with Gasteiger partial charge < -0.3 is 9.47 Å². The summed E-state index contributed by atoms with van der Waals surface area (Å²) in [6.07, 6.45) is 0.790. The molecule has 0 aliphatic carbocycles. The molecule has 0 bridgehead atoms. The van der Waals surface area contributed by atoms with Gasteiger partial charge in [0.05, 0.1) is 14.2 Å². The largest absolute Gasteiger partial charge is 0.493 e. The third-order valence-corrected chi connectivity index (χ3v) is 3.05. The zero-order valence-corrected chi connectivity index (χ0v) is 11.4. The van der Waals surface area contributed by atoms with E-state index in [4.69, 9.17) is 21.1 Å². The van der Waals surface area contributed by atoms with Crippen molar-refractivity contribution in [3.8, 4) is 22.6 Å². The molecule has 2 aromatic rings. The van der Waals surface area contributed by atoms with Crippen LogP contribution in [0.3, 0.4) is 0 Å². The number of carbonyl (C=O) groups excluding carboxylic acids is 1. The highest BCUT2D eigenvalue weighted by atomic mass is 35.5. The number of carbonyl (C=O) groups is 1. The van der Waals surface area contributed by atoms with E-state index in [2.05, 4.69) is 0 Å². The molecule has 2 rings (SSSR count). The molecule has 0 aromatic heterocycles. The molecule has 3 nitrogen and oxygen atoms in total. The second-order valence-corrected chi connectivity index (χ2v) is 4.36. The Hall–Kier alpha value is -2.00. The topological polar surface area (TPSA) is 35.5 Å². The summed E-state index contributed by atoms with van der Waals surface area (Å²) in [4.78, 5) is 11.2. The average molecular weight is 277 g/mol. The number of halogens is 1. The Balaban J connectivity index is 2.65. The minimum atomic E-state index is 0.523. The lowest BCUT2D eigenvalue weighted by Crippen LogP contribution is -1.95. The highest BCUT2D eigenvalue weighted by molar-refractivity contribution is 6.30. The molecule has 4 heteroatoms. The van der Waals surface area contributed by atoms with Crippen LogP contribution in [0.1, 0.15) is 10.4 Å². The maximum atomic E-state index is 11.2. The van der Waals surface area contributed by atoms with Crippen LogP contribution in [0.4, 0.5) is 0 Å². The first-order valence-electron chi connectivity index (χ1n) is 5.66. The fraction of sp³-hybridized carbons (Fsp3) is 0.133. The van der Waals surface area contributed by atoms with Crippen molar-refractivity contribution in [3.05, 3.63) is 47.0 Å². The molecule has 0 saturated carbocycles. The van der Waals surface area contributed by atoms with Crippen molar-refractivity contribution in [1.29, 1.82) is 0 Å². The Morgan fingerprint density at radius 3 is 2.32 bits per heavy atom. The van der Waals surface area contributed by atoms with Crippen molar-refractivity contribution >= 4 is 17.9 Å². The van der Waals surface area contributed by atoms with Crippen molar-refractivity contribution in [3.63, 3.8) is 0 Å². The quantitative estimate of drug-likeness (QED) is 0.796. The highest BCUT2D eigenvalue weighted by Crippen LogP contribution is 2.35. The maximum Gasteiger partial charge on any atom is 0.161 e. The third kappa shape index (κ3) is 2.71. The zero-order valence-electron chi connectivity index (χ0n) is 10.6. The van der Waals surface area contributed by atoms with Gasteiger partial charge in [-0.15, -0.1) is 0 Å². The van der Waals surface area contributed by atoms with E-state index in [1.54, 1.807) is 31.4 Å². The first-order valence-corrected chi connectivity index (χ1v) is 6.04. The minimum absolute atomic E-state index is 0.523. The predicted octanol–water partition coefficient (Wildman–Crippen LogP) is 3.84. The molecular formula is C15H13ClO3. The van der Waals surface area contributed by atoms with Crippen LogP contribution in [0.25, 0.3) is 11.1 Å². The average Bonchev–Trinajstić information content (AvgIpc) is 2.45. The maximum absolute atomic E-state index is 11.2. The Kier molecular flexibility index (Phi) is 4.07. The van der Waals surface area contributed by atoms with Gasteiger partial charge in [-0.05, 0) is 35.4 Å². The normalized spacial score (nSPS) is 10.1. The van der Waals surface area contributed by atoms with E-state index in [1.165, 1.54) is 7.11 Å². The molecule has 0 N–H and O–H groups in total. The van der Waals surface area contributed by atoms with Crippen LogP contribution >= 0.6 is 11.6 Å². The molecular weight excluding hydrogens is 264 g/mol. The Labute approximate surface area is 116 Å². The zero-order chi connectivity index (χ0) is 13.8. The minimum Gasteiger partial charge on any atom is -0.493 e. The second-order valence-electron chi connectivity index (χ2n) is 3.92. The second kappa shape index (κ2) is 5.76. The van der Waals surface area contributed by atoms with Crippen LogP contribution in [-0.2, 0) is 0 Å². The standard InChI is InChI=1S/C15H13ClO3/c1-18-14-7-11(9-17)13(8-15(14)19-2)10-4-3-5-12(16)6-10/h3-9H,1-2H3. The van der Waals surface area contributed by atoms with Crippen LogP contribution < -0.4 is 9.47 Å². The van der Waals surface area contributed by atoms with Gasteiger partial charge in [-0.1, -0.05) is 23.7 Å². The lowest BCUT2D eigenvalue weighted by molar-refractivity contribution is 0.112. The van der Waals surface area contributed by atoms with E-state index in [9.17, 15) is 4.79 Å². The van der Waals surface area contributed by atoms with E-state index < -0.39 is 0 Å². The van der Waals surface area contributed by atoms with E-state index >= 15 is 0 Å². The number of methoxy groups -OCH3 is 2. The summed E-state index contributed by atoms with van der Waals surface area (Å²) in [5, 5.41) is 0.615. The summed E-state index contributed by atoms with van der Waals surface area (Å²) in [7, 11) is 3.09. The Morgan fingerprint density at radius 1 is 1.05 bits per heavy atom. The molecule has 0 spiro atoms. The van der Waals surface area contributed by atoms with Gasteiger partial charge in [0.2, 0.25) is 0 Å². The van der Waals surface area contributed by atoms with Gasteiger partial charge in [0.15, 0.2) is 17.8 Å². The van der Waals surface area contributed by atoms with Gasteiger partial charge in [0.1, 0.15) is 0 Å². The van der Waals surface area contributed by atoms with Crippen molar-refractivity contribution in [2.45, 2.75) is 0 Å². The molecule has 19 heavy (non-hydrogen) atoms. The summed E-state index contributed by atoms with van der Waals surface area (Å²) in [5.74, 6) is 1.10. The number of aldehydes is 1. The summed E-state index contributed by atoms with van der Waals surface area (Å²) in [6, 6.07) is 10.7. The van der Waals surface area contributed by atoms with Gasteiger partial charge in [0.25, 0.3) is 0 Å². The SMILES string of the molecule is COc1cc(C=O)c(-c2cccc(Cl)c2)cc1OC. The lowest BCUT2D eigenvalue weighted by Gasteiger charge is -2.12. The number of rotatable bonds is 4. The van der Waals surface area contributed by atoms with Crippen LogP contribution in [0, 0.1) is 0 Å². The van der Waals surface area contributed by atoms with Crippen molar-refractivity contribution in [2.75, 3.05) is 14.2 Å². The molecule has 98 valence electrons. The number of hydrogen-bond donors (Lipinski definition) is 0. The van der Waals surface area contributed by atoms with E-state index in [0.717, 1.165) is 17.4 Å². The molecule has 0 saturated heterocycles. The van der Waals surface area contributed by atoms with Crippen LogP contribution in [-0.4, -0.2) is 20.5 Å². The number of ether oxygens (including phenoxy) is 2. The van der Waals surface area contributed by atoms with Gasteiger partial charge in [0, 0.05) is 10.6 Å². The van der Waals surface area contributed by atoms with Crippen LogP contribution in [0.15, 0.2) is 36.4 Å². The van der Waals surface area contributed by atoms with E-state index in [-0.39, 0.29) is 0 Å². The molecule has 0 aliphatic rings. The van der Waals surface area contributed by atoms with E-state index in [0.29, 0.717) is 22.1 Å². The molecule has 0 unspecified atom stereocenters. The van der Waals surface area contributed by atoms with Crippen LogP contribution in [0.5, 0.6) is 11.5 Å². The molecule has 0 heterocycles. The summed E-state index contributed by atoms with van der Waals surface area (Å²) >= 11 is 5.98. The third-order valence-electron chi connectivity index (χ3n) is 2.82. The molecule has 0 atom stereocenters. The number of benzene rings is 2. The highest BCUT2D eigenvalue weighted by Gasteiger charge is 2.12. The first-order chi connectivity index (χ1) is 9.19. The van der Waals surface area contributed by atoms with Crippen molar-refractivity contribution in [1.82, 2.24) is 0 Å². The fourth-order valence-corrected chi connectivity index (χ4v) is 2.09. The lowest BCUT2D eigenvalue weighted by atomic mass is 9.99. The Bertz CT molecular complexity index is 608. The van der Waals surface area contributed by atoms with Gasteiger partial charge >= 0.3 is 0 Å². The van der Waals surface area contributed by atoms with Gasteiger partial charge in [-0.25, -0.2) is 0 Å². The van der Waals surface area contributed by atoms with Gasteiger partial charge in [-0.2, -0.15) is 0 Å². The summed E-state index contributed by atoms with van der Waals surface area (Å²) in [5.41, 5.74) is 2.14. The van der Waals surface area contributed by atoms with Crippen LogP contribution in [0.2, 0.25) is 5.02 Å². The molecule has 2 aromatic carbocycles. The molecule has 0 aliphatic heterocycles. The Morgan fingerprint density at radius 2 is 1.74 bits per heavy atom. The first kappa shape index (κ1) is 13.4. The predicted molar refractivity (Wildman–Crippen MR) is 75.4 cm³/mol. The van der Waals surface area contributed by atoms with E-state index in [1.807, 2.05) is 12.1 Å². The monoisotopic (exact) mass is 276 g/mol. The summed E-state index contributed by atoms with van der Waals surface area (Å²) < 4.78 is 10.4. The molecule has 0 radical (unpaired) electrons.